The van der Waals surface area contributed by atoms with Gasteiger partial charge in [0.2, 0.25) is 5.78 Å². The van der Waals surface area contributed by atoms with Crippen molar-refractivity contribution in [1.29, 1.82) is 0 Å². The van der Waals surface area contributed by atoms with E-state index in [1.54, 1.807) is 18.2 Å². The summed E-state index contributed by atoms with van der Waals surface area (Å²) in [7, 11) is 0. The number of benzene rings is 1. The van der Waals surface area contributed by atoms with Gasteiger partial charge in [0.05, 0.1) is 24.8 Å². The molecule has 1 unspecified atom stereocenters. The van der Waals surface area contributed by atoms with E-state index in [4.69, 9.17) is 4.74 Å². The van der Waals surface area contributed by atoms with Crippen LogP contribution in [0, 0.1) is 10.1 Å². The van der Waals surface area contributed by atoms with Crippen LogP contribution in [0.15, 0.2) is 42.5 Å². The first-order valence-corrected chi connectivity index (χ1v) is 12.2. The Morgan fingerprint density at radius 1 is 0.892 bits per heavy atom. The van der Waals surface area contributed by atoms with Crippen molar-refractivity contribution in [2.45, 2.75) is 31.7 Å². The van der Waals surface area contributed by atoms with Gasteiger partial charge in [0.25, 0.3) is 5.09 Å². The van der Waals surface area contributed by atoms with Crippen molar-refractivity contribution < 1.29 is 24.3 Å². The standard InChI is InChI=1S/C25H32N4O6.2ClH/c30-24(20-6-2-1-3-7-20)23-9-8-22-21(10-13-28(22)23)25(31)34-18-4-11-26-14-16-27(17-15-26)12-5-19-35-29(32)33;;/h1-3,6-9,21H,4-5,10-19H2;2*1H. The predicted octanol–water partition coefficient (Wildman–Crippen LogP) is 3.20. The number of piperazine rings is 1. The van der Waals surface area contributed by atoms with Gasteiger partial charge in [-0.1, -0.05) is 30.3 Å². The molecule has 1 aromatic carbocycles. The molecule has 1 fully saturated rings. The summed E-state index contributed by atoms with van der Waals surface area (Å²) >= 11 is 0. The summed E-state index contributed by atoms with van der Waals surface area (Å²) in [5.41, 5.74) is 2.11. The normalized spacial score (nSPS) is 17.2. The molecule has 10 nitrogen and oxygen atoms in total. The molecule has 12 heteroatoms. The Bertz CT molecular complexity index is 1030. The molecule has 0 amide bonds. The van der Waals surface area contributed by atoms with Crippen LogP contribution in [0.4, 0.5) is 0 Å². The van der Waals surface area contributed by atoms with E-state index < -0.39 is 5.09 Å². The van der Waals surface area contributed by atoms with Crippen LogP contribution in [0.3, 0.4) is 0 Å². The quantitative estimate of drug-likeness (QED) is 0.129. The summed E-state index contributed by atoms with van der Waals surface area (Å²) < 4.78 is 7.54. The van der Waals surface area contributed by atoms with Crippen molar-refractivity contribution >= 4 is 36.6 Å². The van der Waals surface area contributed by atoms with Crippen LogP contribution < -0.4 is 0 Å². The number of halogens is 2. The Labute approximate surface area is 228 Å². The van der Waals surface area contributed by atoms with E-state index in [9.17, 15) is 19.7 Å². The monoisotopic (exact) mass is 556 g/mol. The molecule has 37 heavy (non-hydrogen) atoms. The number of esters is 1. The SMILES string of the molecule is Cl.Cl.O=C(c1ccccc1)c1ccc2n1CCC2C(=O)OCCCN1CCN(CCCO[N+](=O)[O-])CC1. The van der Waals surface area contributed by atoms with Crippen LogP contribution in [0.1, 0.15) is 46.9 Å². The van der Waals surface area contributed by atoms with Crippen molar-refractivity contribution in [3.05, 3.63) is 69.5 Å². The number of ketones is 1. The van der Waals surface area contributed by atoms with Gasteiger partial charge < -0.3 is 23.9 Å². The lowest BCUT2D eigenvalue weighted by atomic mass is 10.1. The molecule has 204 valence electrons. The summed E-state index contributed by atoms with van der Waals surface area (Å²) in [6.45, 7) is 6.50. The van der Waals surface area contributed by atoms with Crippen molar-refractivity contribution in [2.75, 3.05) is 52.5 Å². The zero-order valence-corrected chi connectivity index (χ0v) is 22.3. The van der Waals surface area contributed by atoms with Crippen LogP contribution in [-0.4, -0.2) is 83.7 Å². The molecule has 0 radical (unpaired) electrons. The highest BCUT2D eigenvalue weighted by Crippen LogP contribution is 2.32. The number of carbonyl (C=O) groups is 2. The molecular weight excluding hydrogens is 523 g/mol. The van der Waals surface area contributed by atoms with Crippen LogP contribution in [0.2, 0.25) is 0 Å². The maximum Gasteiger partial charge on any atom is 0.315 e. The van der Waals surface area contributed by atoms with Gasteiger partial charge in [0.1, 0.15) is 0 Å². The number of ether oxygens (including phenoxy) is 1. The van der Waals surface area contributed by atoms with Gasteiger partial charge >= 0.3 is 5.97 Å². The highest BCUT2D eigenvalue weighted by molar-refractivity contribution is 6.08. The van der Waals surface area contributed by atoms with Crippen molar-refractivity contribution in [3.63, 3.8) is 0 Å². The highest BCUT2D eigenvalue weighted by Gasteiger charge is 2.33. The van der Waals surface area contributed by atoms with Crippen LogP contribution in [-0.2, 0) is 20.9 Å². The molecule has 1 aromatic heterocycles. The lowest BCUT2D eigenvalue weighted by Gasteiger charge is -2.34. The topological polar surface area (TPSA) is 107 Å². The van der Waals surface area contributed by atoms with E-state index in [0.29, 0.717) is 37.3 Å². The second kappa shape index (κ2) is 14.9. The van der Waals surface area contributed by atoms with E-state index in [1.165, 1.54) is 0 Å². The van der Waals surface area contributed by atoms with E-state index in [2.05, 4.69) is 14.6 Å². The van der Waals surface area contributed by atoms with Crippen LogP contribution in [0.5, 0.6) is 0 Å². The van der Waals surface area contributed by atoms with Crippen LogP contribution in [0.25, 0.3) is 0 Å². The van der Waals surface area contributed by atoms with Crippen LogP contribution >= 0.6 is 24.8 Å². The molecule has 0 N–H and O–H groups in total. The molecular formula is C25H34Cl2N4O6. The maximum absolute atomic E-state index is 12.8. The summed E-state index contributed by atoms with van der Waals surface area (Å²) in [6, 6.07) is 12.9. The minimum Gasteiger partial charge on any atom is -0.465 e. The maximum atomic E-state index is 12.8. The van der Waals surface area contributed by atoms with E-state index in [0.717, 1.165) is 51.4 Å². The Morgan fingerprint density at radius 2 is 1.51 bits per heavy atom. The Morgan fingerprint density at radius 3 is 2.14 bits per heavy atom. The third kappa shape index (κ3) is 8.16. The summed E-state index contributed by atoms with van der Waals surface area (Å²) in [5, 5.41) is 9.43. The molecule has 1 atom stereocenters. The number of nitrogens with zero attached hydrogens (tertiary/aromatic N) is 4. The number of hydrogen-bond donors (Lipinski definition) is 0. The largest absolute Gasteiger partial charge is 0.465 e. The highest BCUT2D eigenvalue weighted by atomic mass is 35.5. The lowest BCUT2D eigenvalue weighted by molar-refractivity contribution is -0.757. The van der Waals surface area contributed by atoms with Crippen molar-refractivity contribution in [2.24, 2.45) is 0 Å². The molecule has 2 aliphatic rings. The van der Waals surface area contributed by atoms with E-state index >= 15 is 0 Å². The Balaban J connectivity index is 0.00000241. The zero-order valence-electron chi connectivity index (χ0n) is 20.7. The fourth-order valence-corrected chi connectivity index (χ4v) is 4.84. The van der Waals surface area contributed by atoms with Gasteiger partial charge in [0, 0.05) is 57.1 Å². The number of fused-ring (bicyclic) bond motifs is 1. The molecule has 0 bridgehead atoms. The van der Waals surface area contributed by atoms with Gasteiger partial charge in [0.15, 0.2) is 0 Å². The number of hydrogen-bond acceptors (Lipinski definition) is 8. The van der Waals surface area contributed by atoms with E-state index in [-0.39, 0.29) is 49.1 Å². The van der Waals surface area contributed by atoms with Gasteiger partial charge in [-0.15, -0.1) is 34.9 Å². The molecule has 1 saturated heterocycles. The minimum atomic E-state index is -0.751. The first-order chi connectivity index (χ1) is 17.0. The molecule has 0 aliphatic carbocycles. The Hall–Kier alpha value is -2.66. The summed E-state index contributed by atoms with van der Waals surface area (Å²) in [6.07, 6.45) is 2.07. The second-order valence-corrected chi connectivity index (χ2v) is 8.95. The third-order valence-corrected chi connectivity index (χ3v) is 6.71. The molecule has 2 aromatic rings. The minimum absolute atomic E-state index is 0. The molecule has 0 saturated carbocycles. The number of carbonyl (C=O) groups excluding carboxylic acids is 2. The Kier molecular flexibility index (Phi) is 12.3. The fourth-order valence-electron chi connectivity index (χ4n) is 4.84. The smallest absolute Gasteiger partial charge is 0.315 e. The van der Waals surface area contributed by atoms with Gasteiger partial charge in [-0.25, -0.2) is 0 Å². The zero-order chi connectivity index (χ0) is 24.6. The average molecular weight is 557 g/mol. The molecule has 3 heterocycles. The first-order valence-electron chi connectivity index (χ1n) is 12.2. The second-order valence-electron chi connectivity index (χ2n) is 8.95. The number of aromatic nitrogens is 1. The van der Waals surface area contributed by atoms with Gasteiger partial charge in [-0.3, -0.25) is 9.59 Å². The van der Waals surface area contributed by atoms with E-state index in [1.807, 2.05) is 28.8 Å². The molecule has 0 spiro atoms. The lowest BCUT2D eigenvalue weighted by Crippen LogP contribution is -2.47. The first kappa shape index (κ1) is 30.6. The van der Waals surface area contributed by atoms with Gasteiger partial charge in [-0.2, -0.15) is 0 Å². The molecule has 4 rings (SSSR count). The summed E-state index contributed by atoms with van der Waals surface area (Å²) in [4.78, 5) is 44.7. The van der Waals surface area contributed by atoms with Gasteiger partial charge in [-0.05, 0) is 31.4 Å². The summed E-state index contributed by atoms with van der Waals surface area (Å²) in [5.74, 6) is -0.576. The average Bonchev–Trinajstić information content (AvgIpc) is 3.48. The molecule has 2 aliphatic heterocycles. The number of rotatable bonds is 12. The predicted molar refractivity (Wildman–Crippen MR) is 142 cm³/mol. The van der Waals surface area contributed by atoms with Crippen molar-refractivity contribution in [1.82, 2.24) is 14.4 Å². The third-order valence-electron chi connectivity index (χ3n) is 6.71. The fraction of sp³-hybridized carbons (Fsp3) is 0.520. The van der Waals surface area contributed by atoms with Crippen molar-refractivity contribution in [3.8, 4) is 0 Å².